The monoisotopic (exact) mass is 366 g/mol. The maximum absolute atomic E-state index is 11.8. The fraction of sp³-hybridized carbons (Fsp3) is 0.842. The van der Waals surface area contributed by atoms with Crippen molar-refractivity contribution >= 4 is 21.7 Å². The van der Waals surface area contributed by atoms with Crippen LogP contribution in [0.5, 0.6) is 0 Å². The van der Waals surface area contributed by atoms with Crippen LogP contribution in [0.4, 0.5) is 0 Å². The molecule has 0 amide bonds. The number of aliphatic hydroxyl groups excluding tert-OH is 1. The number of hydrogen-bond donors (Lipinski definition) is 1. The molecule has 2 nitrogen and oxygen atoms in total. The first-order chi connectivity index (χ1) is 10.4. The number of alkyl halides is 1. The van der Waals surface area contributed by atoms with Crippen LogP contribution < -0.4 is 0 Å². The summed E-state index contributed by atoms with van der Waals surface area (Å²) in [6.07, 6.45) is 7.97. The van der Waals surface area contributed by atoms with E-state index in [1.165, 1.54) is 12.0 Å². The highest BCUT2D eigenvalue weighted by Crippen LogP contribution is 2.64. The first-order valence-corrected chi connectivity index (χ1v) is 9.89. The van der Waals surface area contributed by atoms with Crippen LogP contribution in [0.3, 0.4) is 0 Å². The van der Waals surface area contributed by atoms with Crippen molar-refractivity contribution in [2.75, 3.05) is 0 Å². The van der Waals surface area contributed by atoms with Crippen molar-refractivity contribution in [3.05, 3.63) is 11.6 Å². The smallest absolute Gasteiger partial charge is 0.155 e. The summed E-state index contributed by atoms with van der Waals surface area (Å²) in [5.74, 6) is 3.59. The number of ketones is 1. The van der Waals surface area contributed by atoms with Gasteiger partial charge < -0.3 is 5.11 Å². The van der Waals surface area contributed by atoms with Crippen molar-refractivity contribution < 1.29 is 9.90 Å². The average Bonchev–Trinajstić information content (AvgIpc) is 2.74. The molecule has 22 heavy (non-hydrogen) atoms. The molecule has 3 fully saturated rings. The number of allylic oxidation sites excluding steroid dienone is 1. The van der Waals surface area contributed by atoms with E-state index >= 15 is 0 Å². The minimum absolute atomic E-state index is 0.0926. The van der Waals surface area contributed by atoms with Crippen LogP contribution in [0.15, 0.2) is 11.6 Å². The van der Waals surface area contributed by atoms with Gasteiger partial charge in [-0.15, -0.1) is 0 Å². The highest BCUT2D eigenvalue weighted by Gasteiger charge is 2.60. The Kier molecular flexibility index (Phi) is 3.62. The molecule has 4 aliphatic rings. The lowest BCUT2D eigenvalue weighted by Gasteiger charge is -2.57. The fourth-order valence-corrected chi connectivity index (χ4v) is 7.97. The maximum Gasteiger partial charge on any atom is 0.155 e. The summed E-state index contributed by atoms with van der Waals surface area (Å²) >= 11 is 4.01. The van der Waals surface area contributed by atoms with Crippen LogP contribution in [0.25, 0.3) is 0 Å². The molecule has 3 heteroatoms. The van der Waals surface area contributed by atoms with E-state index in [2.05, 4.69) is 29.8 Å². The highest BCUT2D eigenvalue weighted by molar-refractivity contribution is 9.09. The second-order valence-electron chi connectivity index (χ2n) is 8.59. The van der Waals surface area contributed by atoms with Crippen molar-refractivity contribution in [1.82, 2.24) is 0 Å². The molecule has 0 radical (unpaired) electrons. The first kappa shape index (κ1) is 15.4. The second-order valence-corrected chi connectivity index (χ2v) is 9.77. The van der Waals surface area contributed by atoms with Crippen LogP contribution in [0.1, 0.15) is 52.4 Å². The third-order valence-corrected chi connectivity index (χ3v) is 8.46. The Morgan fingerprint density at radius 3 is 2.82 bits per heavy atom. The Hall–Kier alpha value is -0.150. The highest BCUT2D eigenvalue weighted by atomic mass is 79.9. The summed E-state index contributed by atoms with van der Waals surface area (Å²) in [5, 5.41) is 10.6. The Morgan fingerprint density at radius 2 is 2.05 bits per heavy atom. The molecular weight excluding hydrogens is 340 g/mol. The van der Waals surface area contributed by atoms with Gasteiger partial charge in [0.25, 0.3) is 0 Å². The van der Waals surface area contributed by atoms with E-state index < -0.39 is 0 Å². The van der Waals surface area contributed by atoms with Crippen LogP contribution in [0.2, 0.25) is 0 Å². The summed E-state index contributed by atoms with van der Waals surface area (Å²) in [7, 11) is 0. The van der Waals surface area contributed by atoms with Gasteiger partial charge in [-0.05, 0) is 73.2 Å². The molecule has 1 N–H and O–H groups in total. The van der Waals surface area contributed by atoms with E-state index in [9.17, 15) is 9.90 Å². The molecule has 0 heterocycles. The molecule has 122 valence electrons. The normalized spacial score (nSPS) is 54.3. The van der Waals surface area contributed by atoms with E-state index in [0.29, 0.717) is 40.2 Å². The summed E-state index contributed by atoms with van der Waals surface area (Å²) < 4.78 is 0. The molecule has 3 saturated carbocycles. The molecule has 0 bridgehead atoms. The lowest BCUT2D eigenvalue weighted by molar-refractivity contribution is -0.116. The zero-order valence-electron chi connectivity index (χ0n) is 13.6. The standard InChI is InChI=1S/C19H27BrO2/c1-10-7-11-8-12(21)3-4-13(11)18-15(20)9-19(2)14(17(10)18)5-6-16(19)22/h8,10,13-18,22H,3-7,9H2,1-2H3/t10-,13+,14+,15+,16+,17+,18+,19+/m1/s1. The molecule has 0 aliphatic heterocycles. The number of halogens is 1. The molecule has 0 spiro atoms. The van der Waals surface area contributed by atoms with E-state index in [1.54, 1.807) is 0 Å². The van der Waals surface area contributed by atoms with Crippen molar-refractivity contribution in [3.8, 4) is 0 Å². The van der Waals surface area contributed by atoms with Gasteiger partial charge in [0.15, 0.2) is 5.78 Å². The molecule has 0 saturated heterocycles. The zero-order valence-corrected chi connectivity index (χ0v) is 15.2. The fourth-order valence-electron chi connectivity index (χ4n) is 6.55. The maximum atomic E-state index is 11.8. The second kappa shape index (κ2) is 5.17. The Morgan fingerprint density at radius 1 is 1.27 bits per heavy atom. The Balaban J connectivity index is 1.73. The number of hydrogen-bond acceptors (Lipinski definition) is 2. The van der Waals surface area contributed by atoms with Crippen molar-refractivity contribution in [3.63, 3.8) is 0 Å². The Bertz CT molecular complexity index is 528. The van der Waals surface area contributed by atoms with Crippen molar-refractivity contribution in [2.24, 2.45) is 35.0 Å². The van der Waals surface area contributed by atoms with Gasteiger partial charge in [0.1, 0.15) is 0 Å². The molecule has 0 aromatic heterocycles. The molecule has 8 atom stereocenters. The lowest BCUT2D eigenvalue weighted by atomic mass is 9.49. The molecule has 0 unspecified atom stereocenters. The van der Waals surface area contributed by atoms with Gasteiger partial charge in [0, 0.05) is 11.2 Å². The van der Waals surface area contributed by atoms with Crippen LogP contribution in [-0.4, -0.2) is 21.8 Å². The van der Waals surface area contributed by atoms with Crippen LogP contribution in [0, 0.1) is 35.0 Å². The van der Waals surface area contributed by atoms with Crippen LogP contribution >= 0.6 is 15.9 Å². The summed E-state index contributed by atoms with van der Waals surface area (Å²) in [6, 6.07) is 0. The molecule has 4 aliphatic carbocycles. The predicted molar refractivity (Wildman–Crippen MR) is 90.7 cm³/mol. The number of rotatable bonds is 0. The Labute approximate surface area is 141 Å². The number of fused-ring (bicyclic) bond motifs is 5. The molecule has 0 aromatic carbocycles. The molecule has 4 rings (SSSR count). The van der Waals surface area contributed by atoms with Crippen LogP contribution in [-0.2, 0) is 4.79 Å². The quantitative estimate of drug-likeness (QED) is 0.655. The molecular formula is C19H27BrO2. The van der Waals surface area contributed by atoms with Crippen molar-refractivity contribution in [2.45, 2.75) is 63.3 Å². The largest absolute Gasteiger partial charge is 0.393 e. The van der Waals surface area contributed by atoms with Gasteiger partial charge in [-0.2, -0.15) is 0 Å². The van der Waals surface area contributed by atoms with E-state index in [4.69, 9.17) is 0 Å². The van der Waals surface area contributed by atoms with E-state index in [1.807, 2.05) is 6.08 Å². The third kappa shape index (κ3) is 2.04. The average molecular weight is 367 g/mol. The van der Waals surface area contributed by atoms with Gasteiger partial charge >= 0.3 is 0 Å². The number of carbonyl (C=O) groups excluding carboxylic acids is 1. The van der Waals surface area contributed by atoms with E-state index in [0.717, 1.165) is 32.1 Å². The van der Waals surface area contributed by atoms with Gasteiger partial charge in [0.2, 0.25) is 0 Å². The van der Waals surface area contributed by atoms with Gasteiger partial charge in [-0.25, -0.2) is 0 Å². The van der Waals surface area contributed by atoms with E-state index in [-0.39, 0.29) is 11.5 Å². The predicted octanol–water partition coefficient (Wildman–Crippen LogP) is 4.11. The summed E-state index contributed by atoms with van der Waals surface area (Å²) in [5.41, 5.74) is 1.52. The third-order valence-electron chi connectivity index (χ3n) is 7.52. The van der Waals surface area contributed by atoms with Gasteiger partial charge in [0.05, 0.1) is 6.10 Å². The summed E-state index contributed by atoms with van der Waals surface area (Å²) in [6.45, 7) is 4.70. The minimum atomic E-state index is -0.129. The first-order valence-electron chi connectivity index (χ1n) is 8.97. The lowest BCUT2D eigenvalue weighted by Crippen LogP contribution is -2.54. The minimum Gasteiger partial charge on any atom is -0.393 e. The number of aliphatic hydroxyl groups is 1. The SMILES string of the molecule is C[C@@H]1CC2=CC(=O)CC[C@@H]2[C@@H]2[C@@H]1[C@@H]1CC[C@H](O)[C@@]1(C)C[C@@H]2Br. The topological polar surface area (TPSA) is 37.3 Å². The van der Waals surface area contributed by atoms with Gasteiger partial charge in [-0.3, -0.25) is 4.79 Å². The molecule has 0 aromatic rings. The summed E-state index contributed by atoms with van der Waals surface area (Å²) in [4.78, 5) is 12.3. The number of carbonyl (C=O) groups is 1. The van der Waals surface area contributed by atoms with Crippen molar-refractivity contribution in [1.29, 1.82) is 0 Å². The zero-order chi connectivity index (χ0) is 15.6. The van der Waals surface area contributed by atoms with Gasteiger partial charge in [-0.1, -0.05) is 35.4 Å².